The molecule has 2 aromatic rings. The number of aromatic nitrogens is 1. The van der Waals surface area contributed by atoms with E-state index in [-0.39, 0.29) is 17.7 Å². The number of hydrogen-bond acceptors (Lipinski definition) is 5. The lowest BCUT2D eigenvalue weighted by Gasteiger charge is -2.24. The van der Waals surface area contributed by atoms with Gasteiger partial charge in [-0.3, -0.25) is 10.1 Å². The summed E-state index contributed by atoms with van der Waals surface area (Å²) >= 11 is 0. The van der Waals surface area contributed by atoms with E-state index in [0.29, 0.717) is 30.2 Å². The third-order valence-corrected chi connectivity index (χ3v) is 4.10. The summed E-state index contributed by atoms with van der Waals surface area (Å²) in [6.07, 6.45) is -0.234. The first-order chi connectivity index (χ1) is 12.0. The average Bonchev–Trinajstić information content (AvgIpc) is 3.04. The topological polar surface area (TPSA) is 93.5 Å². The Morgan fingerprint density at radius 2 is 2.24 bits per heavy atom. The summed E-state index contributed by atoms with van der Waals surface area (Å²) in [4.78, 5) is 23.7. The van der Waals surface area contributed by atoms with Gasteiger partial charge >= 0.3 is 6.09 Å². The molecule has 0 aliphatic carbocycles. The number of ether oxygens (including phenoxy) is 1. The normalized spacial score (nSPS) is 16.3. The molecule has 0 bridgehead atoms. The molecule has 2 N–H and O–H groups in total. The molecular weight excluding hydrogens is 322 g/mol. The Hall–Kier alpha value is -2.83. The van der Waals surface area contributed by atoms with Crippen molar-refractivity contribution in [2.45, 2.75) is 39.0 Å². The van der Waals surface area contributed by atoms with E-state index in [2.05, 4.69) is 15.8 Å². The molecule has 0 radical (unpaired) electrons. The van der Waals surface area contributed by atoms with Crippen LogP contribution >= 0.6 is 0 Å². The molecule has 1 atom stereocenters. The number of carbonyl (C=O) groups excluding carboxylic acids is 2. The Morgan fingerprint density at radius 1 is 1.44 bits per heavy atom. The van der Waals surface area contributed by atoms with E-state index in [1.807, 2.05) is 26.0 Å². The second kappa shape index (κ2) is 6.96. The number of amides is 2. The van der Waals surface area contributed by atoms with Crippen molar-refractivity contribution in [1.82, 2.24) is 5.16 Å². The Kier molecular flexibility index (Phi) is 4.74. The highest BCUT2D eigenvalue weighted by Crippen LogP contribution is 2.39. The molecule has 1 aliphatic heterocycles. The van der Waals surface area contributed by atoms with Crippen LogP contribution in [0.4, 0.5) is 16.2 Å². The van der Waals surface area contributed by atoms with Gasteiger partial charge in [-0.05, 0) is 30.5 Å². The monoisotopic (exact) mass is 343 g/mol. The zero-order chi connectivity index (χ0) is 18.0. The molecule has 0 saturated carbocycles. The molecule has 1 aromatic carbocycles. The molecule has 1 unspecified atom stereocenters. The SMILES string of the molecule is CCOC(=O)Nc1ccc2c(c1)NC(=O)CC2c1cc(C(C)C)no1. The Labute approximate surface area is 145 Å². The Morgan fingerprint density at radius 3 is 2.92 bits per heavy atom. The Balaban J connectivity index is 1.89. The lowest BCUT2D eigenvalue weighted by Crippen LogP contribution is -2.23. The van der Waals surface area contributed by atoms with Crippen molar-refractivity contribution in [1.29, 1.82) is 0 Å². The predicted molar refractivity (Wildman–Crippen MR) is 92.8 cm³/mol. The standard InChI is InChI=1S/C18H21N3O4/c1-4-24-18(23)19-11-5-6-12-13(8-17(22)20-15(12)7-11)16-9-14(10(2)3)21-25-16/h5-7,9-10,13H,4,8H2,1-3H3,(H,19,23)(H,20,22). The molecule has 2 amide bonds. The van der Waals surface area contributed by atoms with E-state index in [9.17, 15) is 9.59 Å². The van der Waals surface area contributed by atoms with Crippen LogP contribution in [0.15, 0.2) is 28.8 Å². The summed E-state index contributed by atoms with van der Waals surface area (Å²) in [5.41, 5.74) is 3.00. The number of fused-ring (bicyclic) bond motifs is 1. The van der Waals surface area contributed by atoms with Gasteiger partial charge < -0.3 is 14.6 Å². The molecule has 3 rings (SSSR count). The summed E-state index contributed by atoms with van der Waals surface area (Å²) in [6, 6.07) is 7.27. The smallest absolute Gasteiger partial charge is 0.411 e. The van der Waals surface area contributed by atoms with E-state index < -0.39 is 6.09 Å². The summed E-state index contributed by atoms with van der Waals surface area (Å²) in [6.45, 7) is 6.10. The van der Waals surface area contributed by atoms with Gasteiger partial charge in [0, 0.05) is 23.9 Å². The summed E-state index contributed by atoms with van der Waals surface area (Å²) < 4.78 is 10.3. The molecule has 1 aliphatic rings. The van der Waals surface area contributed by atoms with Crippen LogP contribution in [-0.2, 0) is 9.53 Å². The molecule has 7 heteroatoms. The van der Waals surface area contributed by atoms with Crippen LogP contribution in [0.25, 0.3) is 0 Å². The Bertz CT molecular complexity index is 797. The van der Waals surface area contributed by atoms with Crippen molar-refractivity contribution in [3.8, 4) is 0 Å². The molecular formula is C18H21N3O4. The van der Waals surface area contributed by atoms with Crippen LogP contribution < -0.4 is 10.6 Å². The third-order valence-electron chi connectivity index (χ3n) is 4.10. The molecule has 25 heavy (non-hydrogen) atoms. The second-order valence-electron chi connectivity index (χ2n) is 6.26. The first kappa shape index (κ1) is 17.0. The lowest BCUT2D eigenvalue weighted by atomic mass is 9.88. The lowest BCUT2D eigenvalue weighted by molar-refractivity contribution is -0.116. The zero-order valence-corrected chi connectivity index (χ0v) is 14.5. The van der Waals surface area contributed by atoms with Gasteiger partial charge in [0.05, 0.1) is 18.2 Å². The highest BCUT2D eigenvalue weighted by molar-refractivity contribution is 5.96. The summed E-state index contributed by atoms with van der Waals surface area (Å²) in [5, 5.41) is 9.56. The summed E-state index contributed by atoms with van der Waals surface area (Å²) in [7, 11) is 0. The molecule has 0 saturated heterocycles. The molecule has 1 aromatic heterocycles. The first-order valence-electron chi connectivity index (χ1n) is 8.32. The fourth-order valence-corrected chi connectivity index (χ4v) is 2.82. The third kappa shape index (κ3) is 3.65. The maximum atomic E-state index is 12.1. The van der Waals surface area contributed by atoms with Crippen LogP contribution in [0.2, 0.25) is 0 Å². The van der Waals surface area contributed by atoms with Crippen molar-refractivity contribution in [2.75, 3.05) is 17.2 Å². The minimum absolute atomic E-state index is 0.103. The minimum Gasteiger partial charge on any atom is -0.450 e. The number of nitrogens with one attached hydrogen (secondary N) is 2. The van der Waals surface area contributed by atoms with Crippen molar-refractivity contribution < 1.29 is 18.8 Å². The first-order valence-corrected chi connectivity index (χ1v) is 8.32. The van der Waals surface area contributed by atoms with Crippen molar-refractivity contribution in [3.05, 3.63) is 41.3 Å². The molecule has 132 valence electrons. The predicted octanol–water partition coefficient (Wildman–Crippen LogP) is 3.84. The second-order valence-corrected chi connectivity index (χ2v) is 6.26. The van der Waals surface area contributed by atoms with Crippen LogP contribution in [-0.4, -0.2) is 23.8 Å². The quantitative estimate of drug-likeness (QED) is 0.879. The van der Waals surface area contributed by atoms with Gasteiger partial charge in [0.2, 0.25) is 5.91 Å². The number of carbonyl (C=O) groups is 2. The number of hydrogen-bond donors (Lipinski definition) is 2. The molecule has 0 spiro atoms. The van der Waals surface area contributed by atoms with Gasteiger partial charge in [-0.15, -0.1) is 0 Å². The highest BCUT2D eigenvalue weighted by atomic mass is 16.5. The molecule has 7 nitrogen and oxygen atoms in total. The van der Waals surface area contributed by atoms with E-state index in [1.54, 1.807) is 19.1 Å². The van der Waals surface area contributed by atoms with Crippen LogP contribution in [0.1, 0.15) is 56.0 Å². The van der Waals surface area contributed by atoms with E-state index in [1.165, 1.54) is 0 Å². The van der Waals surface area contributed by atoms with Crippen molar-refractivity contribution in [3.63, 3.8) is 0 Å². The van der Waals surface area contributed by atoms with Crippen molar-refractivity contribution in [2.24, 2.45) is 0 Å². The molecule has 0 fully saturated rings. The maximum absolute atomic E-state index is 12.1. The number of anilines is 2. The fraction of sp³-hybridized carbons (Fsp3) is 0.389. The van der Waals surface area contributed by atoms with Gasteiger partial charge in [0.1, 0.15) is 5.76 Å². The van der Waals surface area contributed by atoms with E-state index in [0.717, 1.165) is 11.3 Å². The number of benzene rings is 1. The van der Waals surface area contributed by atoms with E-state index >= 15 is 0 Å². The molecule has 2 heterocycles. The van der Waals surface area contributed by atoms with Crippen LogP contribution in [0.5, 0.6) is 0 Å². The minimum atomic E-state index is -0.530. The fourth-order valence-electron chi connectivity index (χ4n) is 2.82. The van der Waals surface area contributed by atoms with Crippen LogP contribution in [0, 0.1) is 0 Å². The largest absolute Gasteiger partial charge is 0.450 e. The average molecular weight is 343 g/mol. The van der Waals surface area contributed by atoms with E-state index in [4.69, 9.17) is 9.26 Å². The zero-order valence-electron chi connectivity index (χ0n) is 14.5. The van der Waals surface area contributed by atoms with Gasteiger partial charge in [-0.25, -0.2) is 4.79 Å². The maximum Gasteiger partial charge on any atom is 0.411 e. The van der Waals surface area contributed by atoms with Gasteiger partial charge in [-0.1, -0.05) is 25.1 Å². The van der Waals surface area contributed by atoms with Gasteiger partial charge in [0.15, 0.2) is 0 Å². The highest BCUT2D eigenvalue weighted by Gasteiger charge is 2.30. The van der Waals surface area contributed by atoms with Crippen molar-refractivity contribution >= 4 is 23.4 Å². The van der Waals surface area contributed by atoms with Crippen LogP contribution in [0.3, 0.4) is 0 Å². The van der Waals surface area contributed by atoms with Gasteiger partial charge in [0.25, 0.3) is 0 Å². The summed E-state index contributed by atoms with van der Waals surface area (Å²) in [5.74, 6) is 0.630. The van der Waals surface area contributed by atoms with Gasteiger partial charge in [-0.2, -0.15) is 0 Å². The number of rotatable bonds is 4. The number of nitrogens with zero attached hydrogens (tertiary/aromatic N) is 1.